The zero-order valence-electron chi connectivity index (χ0n) is 13.5. The normalized spacial score (nSPS) is 18.7. The quantitative estimate of drug-likeness (QED) is 0.853. The molecule has 0 spiro atoms. The summed E-state index contributed by atoms with van der Waals surface area (Å²) in [5, 5.41) is 3.22. The molecule has 0 aromatic heterocycles. The number of piperazine rings is 1. The maximum atomic E-state index is 14.4. The van der Waals surface area contributed by atoms with Gasteiger partial charge in [0.15, 0.2) is 0 Å². The van der Waals surface area contributed by atoms with Crippen LogP contribution in [0.1, 0.15) is 32.4 Å². The number of halogens is 4. The molecule has 1 fully saturated rings. The second-order valence-corrected chi connectivity index (χ2v) is 6.79. The van der Waals surface area contributed by atoms with Crippen molar-refractivity contribution in [2.24, 2.45) is 5.41 Å². The van der Waals surface area contributed by atoms with Gasteiger partial charge in [0.2, 0.25) is 0 Å². The lowest BCUT2D eigenvalue weighted by atomic mass is 9.80. The fraction of sp³-hybridized carbons (Fsp3) is 0.625. The van der Waals surface area contributed by atoms with Crippen LogP contribution >= 0.6 is 0 Å². The first kappa shape index (κ1) is 18.0. The molecule has 2 rings (SSSR count). The molecule has 7 heteroatoms. The average molecular weight is 334 g/mol. The molecule has 1 N–H and O–H groups in total. The van der Waals surface area contributed by atoms with Gasteiger partial charge in [0.05, 0.1) is 0 Å². The topological polar surface area (TPSA) is 24.5 Å². The Bertz CT molecular complexity index is 534. The summed E-state index contributed by atoms with van der Waals surface area (Å²) in [6, 6.07) is 2.88. The standard InChI is InChI=1S/C16H22F4N2O/c1-15(2,3)14(22-8-6-21-7-9-22)12-10-11(4-5-13(12)17)23-16(18,19)20/h4-5,10,14,21H,6-9H2,1-3H3/t14-/m1/s1. The molecular weight excluding hydrogens is 312 g/mol. The van der Waals surface area contributed by atoms with E-state index in [1.54, 1.807) is 0 Å². The number of rotatable bonds is 3. The van der Waals surface area contributed by atoms with Crippen LogP contribution in [0.5, 0.6) is 5.75 Å². The summed E-state index contributed by atoms with van der Waals surface area (Å²) in [5.74, 6) is -0.906. The van der Waals surface area contributed by atoms with Gasteiger partial charge in [-0.25, -0.2) is 4.39 Å². The highest BCUT2D eigenvalue weighted by Crippen LogP contribution is 2.40. The number of nitrogens with zero attached hydrogens (tertiary/aromatic N) is 1. The van der Waals surface area contributed by atoms with Gasteiger partial charge in [0.1, 0.15) is 11.6 Å². The van der Waals surface area contributed by atoms with E-state index in [0.717, 1.165) is 25.2 Å². The summed E-state index contributed by atoms with van der Waals surface area (Å²) in [5.41, 5.74) is -0.101. The molecule has 1 aliphatic rings. The Labute approximate surface area is 133 Å². The van der Waals surface area contributed by atoms with Gasteiger partial charge in [-0.3, -0.25) is 4.90 Å². The Morgan fingerprint density at radius 1 is 1.13 bits per heavy atom. The minimum Gasteiger partial charge on any atom is -0.406 e. The Morgan fingerprint density at radius 2 is 1.74 bits per heavy atom. The molecule has 3 nitrogen and oxygen atoms in total. The summed E-state index contributed by atoms with van der Waals surface area (Å²) in [4.78, 5) is 2.10. The van der Waals surface area contributed by atoms with Crippen LogP contribution in [0.25, 0.3) is 0 Å². The number of hydrogen-bond donors (Lipinski definition) is 1. The molecule has 1 aromatic rings. The molecule has 0 saturated carbocycles. The second kappa shape index (κ2) is 6.65. The van der Waals surface area contributed by atoms with Crippen LogP contribution in [0.2, 0.25) is 0 Å². The van der Waals surface area contributed by atoms with Crippen molar-refractivity contribution in [1.29, 1.82) is 0 Å². The maximum absolute atomic E-state index is 14.4. The van der Waals surface area contributed by atoms with E-state index < -0.39 is 17.9 Å². The van der Waals surface area contributed by atoms with E-state index >= 15 is 0 Å². The van der Waals surface area contributed by atoms with Crippen LogP contribution in [0.15, 0.2) is 18.2 Å². The molecule has 1 aromatic carbocycles. The zero-order chi connectivity index (χ0) is 17.3. The van der Waals surface area contributed by atoms with E-state index in [1.807, 2.05) is 20.8 Å². The van der Waals surface area contributed by atoms with Gasteiger partial charge in [-0.15, -0.1) is 13.2 Å². The SMILES string of the molecule is CC(C)(C)[C@@H](c1cc(OC(F)(F)F)ccc1F)N1CCNCC1. The third-order valence-corrected chi connectivity index (χ3v) is 3.83. The lowest BCUT2D eigenvalue weighted by Crippen LogP contribution is -2.48. The Hall–Kier alpha value is -1.34. The van der Waals surface area contributed by atoms with Crippen molar-refractivity contribution in [2.45, 2.75) is 33.2 Å². The van der Waals surface area contributed by atoms with Crippen molar-refractivity contribution in [3.05, 3.63) is 29.6 Å². The lowest BCUT2D eigenvalue weighted by molar-refractivity contribution is -0.274. The minimum atomic E-state index is -4.79. The molecule has 1 heterocycles. The van der Waals surface area contributed by atoms with Gasteiger partial charge in [0, 0.05) is 37.8 Å². The Morgan fingerprint density at radius 3 is 2.26 bits per heavy atom. The van der Waals surface area contributed by atoms with Crippen molar-refractivity contribution >= 4 is 0 Å². The van der Waals surface area contributed by atoms with Gasteiger partial charge in [-0.2, -0.15) is 0 Å². The third kappa shape index (κ3) is 4.81. The van der Waals surface area contributed by atoms with E-state index in [0.29, 0.717) is 13.1 Å². The summed E-state index contributed by atoms with van der Waals surface area (Å²) in [6.07, 6.45) is -4.79. The fourth-order valence-corrected chi connectivity index (χ4v) is 3.08. The van der Waals surface area contributed by atoms with Crippen LogP contribution in [0, 0.1) is 11.2 Å². The van der Waals surface area contributed by atoms with Crippen molar-refractivity contribution < 1.29 is 22.3 Å². The van der Waals surface area contributed by atoms with Crippen molar-refractivity contribution in [3.8, 4) is 5.75 Å². The monoisotopic (exact) mass is 334 g/mol. The van der Waals surface area contributed by atoms with Crippen LogP contribution in [0.3, 0.4) is 0 Å². The predicted molar refractivity (Wildman–Crippen MR) is 79.7 cm³/mol. The highest BCUT2D eigenvalue weighted by molar-refractivity contribution is 5.33. The van der Waals surface area contributed by atoms with Crippen molar-refractivity contribution in [1.82, 2.24) is 10.2 Å². The number of ether oxygens (including phenoxy) is 1. The lowest BCUT2D eigenvalue weighted by Gasteiger charge is -2.42. The van der Waals surface area contributed by atoms with Crippen molar-refractivity contribution in [2.75, 3.05) is 26.2 Å². The van der Waals surface area contributed by atoms with Gasteiger partial charge >= 0.3 is 6.36 Å². The van der Waals surface area contributed by atoms with E-state index in [9.17, 15) is 17.6 Å². The van der Waals surface area contributed by atoms with E-state index in [-0.39, 0.29) is 17.0 Å². The first-order valence-corrected chi connectivity index (χ1v) is 7.58. The first-order valence-electron chi connectivity index (χ1n) is 7.58. The number of alkyl halides is 3. The molecule has 23 heavy (non-hydrogen) atoms. The van der Waals surface area contributed by atoms with Crippen molar-refractivity contribution in [3.63, 3.8) is 0 Å². The number of nitrogens with one attached hydrogen (secondary N) is 1. The molecule has 1 saturated heterocycles. The van der Waals surface area contributed by atoms with E-state index in [2.05, 4.69) is 15.0 Å². The summed E-state index contributed by atoms with van der Waals surface area (Å²) in [7, 11) is 0. The molecule has 0 radical (unpaired) electrons. The first-order chi connectivity index (χ1) is 10.6. The maximum Gasteiger partial charge on any atom is 0.573 e. The van der Waals surface area contributed by atoms with Crippen LogP contribution in [-0.4, -0.2) is 37.4 Å². The van der Waals surface area contributed by atoms with E-state index in [4.69, 9.17) is 0 Å². The summed E-state index contributed by atoms with van der Waals surface area (Å²) < 4.78 is 55.6. The highest BCUT2D eigenvalue weighted by atomic mass is 19.4. The molecule has 0 amide bonds. The molecule has 130 valence electrons. The molecule has 0 unspecified atom stereocenters. The number of benzene rings is 1. The highest BCUT2D eigenvalue weighted by Gasteiger charge is 2.36. The molecule has 1 atom stereocenters. The van der Waals surface area contributed by atoms with Gasteiger partial charge in [-0.1, -0.05) is 20.8 Å². The minimum absolute atomic E-state index is 0.237. The van der Waals surface area contributed by atoms with Crippen LogP contribution in [-0.2, 0) is 0 Å². The molecule has 1 aliphatic heterocycles. The Kier molecular flexibility index (Phi) is 5.20. The van der Waals surface area contributed by atoms with Crippen LogP contribution < -0.4 is 10.1 Å². The van der Waals surface area contributed by atoms with Gasteiger partial charge < -0.3 is 10.1 Å². The predicted octanol–water partition coefficient (Wildman–Crippen LogP) is 3.72. The molecule has 0 aliphatic carbocycles. The smallest absolute Gasteiger partial charge is 0.406 e. The summed E-state index contributed by atoms with van der Waals surface area (Å²) in [6.45, 7) is 8.83. The van der Waals surface area contributed by atoms with Gasteiger partial charge in [-0.05, 0) is 23.6 Å². The number of hydrogen-bond acceptors (Lipinski definition) is 3. The van der Waals surface area contributed by atoms with E-state index in [1.165, 1.54) is 6.07 Å². The largest absolute Gasteiger partial charge is 0.573 e. The Balaban J connectivity index is 2.39. The molecular formula is C16H22F4N2O. The summed E-state index contributed by atoms with van der Waals surface area (Å²) >= 11 is 0. The average Bonchev–Trinajstić information content (AvgIpc) is 2.41. The third-order valence-electron chi connectivity index (χ3n) is 3.83. The zero-order valence-corrected chi connectivity index (χ0v) is 13.5. The van der Waals surface area contributed by atoms with Gasteiger partial charge in [0.25, 0.3) is 0 Å². The second-order valence-electron chi connectivity index (χ2n) is 6.79. The van der Waals surface area contributed by atoms with Crippen LogP contribution in [0.4, 0.5) is 17.6 Å². The molecule has 0 bridgehead atoms. The fourth-order valence-electron chi connectivity index (χ4n) is 3.08.